The second-order valence-corrected chi connectivity index (χ2v) is 11.8. The van der Waals surface area contributed by atoms with Crippen LogP contribution in [0.3, 0.4) is 0 Å². The first-order chi connectivity index (χ1) is 19.8. The first-order valence-electron chi connectivity index (χ1n) is 14.0. The van der Waals surface area contributed by atoms with Crippen LogP contribution >= 0.6 is 11.6 Å². The molecule has 214 valence electrons. The molecule has 3 aliphatic heterocycles. The Balaban J connectivity index is 1.35. The summed E-state index contributed by atoms with van der Waals surface area (Å²) in [4.78, 5) is 17.5. The van der Waals surface area contributed by atoms with E-state index < -0.39 is 29.7 Å². The Labute approximate surface area is 240 Å². The quantitative estimate of drug-likeness (QED) is 0.329. The number of nitrogens with one attached hydrogen (secondary N) is 1. The number of nitrogens with zero attached hydrogens (tertiary/aromatic N) is 5. The molecule has 3 aliphatic rings. The summed E-state index contributed by atoms with van der Waals surface area (Å²) in [5.74, 6) is -0.325. The number of fused-ring (bicyclic) bond motifs is 3. The zero-order chi connectivity index (χ0) is 28.3. The zero-order valence-corrected chi connectivity index (χ0v) is 23.3. The predicted octanol–water partition coefficient (Wildman–Crippen LogP) is 5.34. The van der Waals surface area contributed by atoms with Crippen molar-refractivity contribution in [1.29, 1.82) is 0 Å². The van der Waals surface area contributed by atoms with Crippen molar-refractivity contribution in [2.75, 3.05) is 44.7 Å². The maximum Gasteiger partial charge on any atom is 0.319 e. The fourth-order valence-electron chi connectivity index (χ4n) is 6.85. The van der Waals surface area contributed by atoms with Crippen LogP contribution in [0.1, 0.15) is 19.3 Å². The van der Waals surface area contributed by atoms with E-state index in [4.69, 9.17) is 16.3 Å². The second-order valence-electron chi connectivity index (χ2n) is 11.4. The number of ether oxygens (including phenoxy) is 1. The van der Waals surface area contributed by atoms with Gasteiger partial charge in [0.05, 0.1) is 17.0 Å². The number of benzene rings is 2. The average molecular weight is 583 g/mol. The van der Waals surface area contributed by atoms with Crippen LogP contribution in [0.25, 0.3) is 32.9 Å². The van der Waals surface area contributed by atoms with E-state index >= 15 is 4.39 Å². The molecule has 0 saturated carbocycles. The molecule has 2 aromatic carbocycles. The summed E-state index contributed by atoms with van der Waals surface area (Å²) in [5.41, 5.74) is 0.220. The molecule has 1 N–H and O–H groups in total. The van der Waals surface area contributed by atoms with Gasteiger partial charge in [0.1, 0.15) is 36.0 Å². The zero-order valence-electron chi connectivity index (χ0n) is 22.6. The molecule has 4 atom stereocenters. The lowest BCUT2D eigenvalue weighted by atomic mass is 9.95. The van der Waals surface area contributed by atoms with Gasteiger partial charge in [-0.1, -0.05) is 41.9 Å². The number of halogens is 4. The first-order valence-corrected chi connectivity index (χ1v) is 14.4. The molecule has 4 aromatic rings. The van der Waals surface area contributed by atoms with Gasteiger partial charge < -0.3 is 15.0 Å². The Morgan fingerprint density at radius 3 is 2.80 bits per heavy atom. The number of hydrogen-bond acceptors (Lipinski definition) is 7. The smallest absolute Gasteiger partial charge is 0.319 e. The highest BCUT2D eigenvalue weighted by Crippen LogP contribution is 2.41. The molecule has 0 amide bonds. The highest BCUT2D eigenvalue weighted by Gasteiger charge is 2.49. The Hall–Kier alpha value is -3.21. The number of anilines is 1. The van der Waals surface area contributed by atoms with Crippen LogP contribution in [0.2, 0.25) is 5.02 Å². The van der Waals surface area contributed by atoms with Crippen LogP contribution < -0.4 is 15.0 Å². The highest BCUT2D eigenvalue weighted by molar-refractivity contribution is 6.36. The summed E-state index contributed by atoms with van der Waals surface area (Å²) in [6.45, 7) is 2.04. The van der Waals surface area contributed by atoms with Gasteiger partial charge in [-0.05, 0) is 30.8 Å². The first kappa shape index (κ1) is 26.7. The van der Waals surface area contributed by atoms with Gasteiger partial charge >= 0.3 is 6.01 Å². The minimum atomic E-state index is -1.13. The molecule has 0 radical (unpaired) electrons. The number of rotatable bonds is 6. The van der Waals surface area contributed by atoms with Gasteiger partial charge in [-0.25, -0.2) is 13.2 Å². The lowest BCUT2D eigenvalue weighted by Gasteiger charge is -2.31. The van der Waals surface area contributed by atoms with Crippen LogP contribution in [0.4, 0.5) is 19.0 Å². The van der Waals surface area contributed by atoms with E-state index in [-0.39, 0.29) is 30.4 Å². The molecule has 3 saturated heterocycles. The minimum absolute atomic E-state index is 0.0165. The van der Waals surface area contributed by atoms with E-state index in [2.05, 4.69) is 25.2 Å². The van der Waals surface area contributed by atoms with Gasteiger partial charge in [0.2, 0.25) is 0 Å². The number of aromatic nitrogens is 3. The predicted molar refractivity (Wildman–Crippen MR) is 154 cm³/mol. The van der Waals surface area contributed by atoms with E-state index in [9.17, 15) is 8.78 Å². The molecule has 0 spiro atoms. The van der Waals surface area contributed by atoms with Gasteiger partial charge in [-0.2, -0.15) is 9.97 Å². The van der Waals surface area contributed by atoms with Crippen molar-refractivity contribution >= 4 is 39.1 Å². The Morgan fingerprint density at radius 2 is 2.00 bits per heavy atom. The lowest BCUT2D eigenvalue weighted by molar-refractivity contribution is 0.107. The molecule has 2 aromatic heterocycles. The van der Waals surface area contributed by atoms with Crippen molar-refractivity contribution in [2.45, 2.75) is 43.2 Å². The maximum atomic E-state index is 16.5. The third kappa shape index (κ3) is 4.47. The monoisotopic (exact) mass is 582 g/mol. The summed E-state index contributed by atoms with van der Waals surface area (Å²) >= 11 is 6.54. The van der Waals surface area contributed by atoms with Crippen molar-refractivity contribution in [3.63, 3.8) is 0 Å². The number of pyridine rings is 1. The molecular formula is C30H30ClF3N6O. The summed E-state index contributed by atoms with van der Waals surface area (Å²) in [6, 6.07) is 10.5. The Kier molecular flexibility index (Phi) is 6.67. The lowest BCUT2D eigenvalue weighted by Crippen LogP contribution is -2.43. The van der Waals surface area contributed by atoms with E-state index in [1.807, 2.05) is 24.3 Å². The van der Waals surface area contributed by atoms with Crippen LogP contribution in [-0.4, -0.2) is 83.6 Å². The molecular weight excluding hydrogens is 553 g/mol. The summed E-state index contributed by atoms with van der Waals surface area (Å²) in [7, 11) is 1.73. The van der Waals surface area contributed by atoms with Gasteiger partial charge in [0.15, 0.2) is 5.82 Å². The molecule has 0 aliphatic carbocycles. The van der Waals surface area contributed by atoms with E-state index in [0.717, 1.165) is 24.8 Å². The van der Waals surface area contributed by atoms with Crippen molar-refractivity contribution in [2.24, 2.45) is 0 Å². The SMILES string of the molecule is CN(c1nc(OC[C@@]23CCCN2C[C@H](F)C3)nc2c(F)c(-c3cccc4cccc(Cl)c34)ncc12)[C@H]1CNC[C@@H]1F. The van der Waals surface area contributed by atoms with E-state index in [0.29, 0.717) is 46.7 Å². The van der Waals surface area contributed by atoms with Gasteiger partial charge in [-0.15, -0.1) is 0 Å². The van der Waals surface area contributed by atoms with Crippen molar-refractivity contribution in [3.05, 3.63) is 53.4 Å². The molecule has 41 heavy (non-hydrogen) atoms. The molecule has 5 heterocycles. The number of hydrogen-bond donors (Lipinski definition) is 1. The molecule has 7 rings (SSSR count). The van der Waals surface area contributed by atoms with Gasteiger partial charge in [0.25, 0.3) is 0 Å². The third-order valence-corrected chi connectivity index (χ3v) is 9.24. The molecule has 0 unspecified atom stereocenters. The van der Waals surface area contributed by atoms with Crippen molar-refractivity contribution in [1.82, 2.24) is 25.2 Å². The fourth-order valence-corrected chi connectivity index (χ4v) is 7.14. The average Bonchev–Trinajstić information content (AvgIpc) is 3.65. The largest absolute Gasteiger partial charge is 0.461 e. The van der Waals surface area contributed by atoms with Crippen LogP contribution in [0.15, 0.2) is 42.6 Å². The van der Waals surface area contributed by atoms with E-state index in [1.165, 1.54) is 6.20 Å². The molecule has 7 nitrogen and oxygen atoms in total. The fraction of sp³-hybridized carbons (Fsp3) is 0.433. The minimum Gasteiger partial charge on any atom is -0.461 e. The van der Waals surface area contributed by atoms with Crippen LogP contribution in [-0.2, 0) is 0 Å². The molecule has 11 heteroatoms. The molecule has 0 bridgehead atoms. The van der Waals surface area contributed by atoms with Crippen LogP contribution in [0, 0.1) is 5.82 Å². The van der Waals surface area contributed by atoms with Gasteiger partial charge in [0, 0.05) is 55.3 Å². The number of likely N-dealkylation sites (N-methyl/N-ethyl adjacent to an activating group) is 1. The normalized spacial score (nSPS) is 26.2. The van der Waals surface area contributed by atoms with Crippen LogP contribution in [0.5, 0.6) is 6.01 Å². The summed E-state index contributed by atoms with van der Waals surface area (Å²) in [5, 5.41) is 5.42. The highest BCUT2D eigenvalue weighted by atomic mass is 35.5. The number of alkyl halides is 2. The Morgan fingerprint density at radius 1 is 1.17 bits per heavy atom. The van der Waals surface area contributed by atoms with Crippen molar-refractivity contribution in [3.8, 4) is 17.3 Å². The summed E-state index contributed by atoms with van der Waals surface area (Å²) in [6.07, 6.45) is 1.65. The van der Waals surface area contributed by atoms with E-state index in [1.54, 1.807) is 24.1 Å². The standard InChI is InChI=1S/C30H30ClF3N6O/c1-39(23-14-35-13-22(23)33)28-20-12-36-26(19-7-2-5-17-6-3-8-21(31)24(17)19)25(34)27(20)37-29(38-28)41-16-30-9-4-10-40(30)15-18(32)11-30/h2-3,5-8,12,18,22-23,35H,4,9-11,13-16H2,1H3/t18-,22+,23+,30+/m1/s1. The maximum absolute atomic E-state index is 16.5. The third-order valence-electron chi connectivity index (χ3n) is 8.93. The summed E-state index contributed by atoms with van der Waals surface area (Å²) < 4.78 is 51.8. The van der Waals surface area contributed by atoms with Gasteiger partial charge in [-0.3, -0.25) is 9.88 Å². The second kappa shape index (κ2) is 10.3. The van der Waals surface area contributed by atoms with Crippen molar-refractivity contribution < 1.29 is 17.9 Å². The Bertz CT molecular complexity index is 1640. The molecule has 3 fully saturated rings. The topological polar surface area (TPSA) is 66.4 Å².